The Kier molecular flexibility index (Phi) is 7.36. The van der Waals surface area contributed by atoms with Crippen molar-refractivity contribution in [2.75, 3.05) is 19.9 Å². The summed E-state index contributed by atoms with van der Waals surface area (Å²) in [6.07, 6.45) is 2.92. The topological polar surface area (TPSA) is 87.7 Å². The Morgan fingerprint density at radius 1 is 1.08 bits per heavy atom. The Morgan fingerprint density at radius 3 is 2.27 bits per heavy atom. The summed E-state index contributed by atoms with van der Waals surface area (Å²) in [4.78, 5) is 15.0. The molecule has 0 aromatic heterocycles. The maximum atomic E-state index is 13.5. The lowest BCUT2D eigenvalue weighted by Crippen LogP contribution is -2.62. The number of likely N-dealkylation sites (tertiary alicyclic amines) is 1. The molecule has 2 aliphatic rings. The minimum atomic E-state index is -3.59. The summed E-state index contributed by atoms with van der Waals surface area (Å²) in [7, 11) is 26.8. The van der Waals surface area contributed by atoms with Gasteiger partial charge in [0.1, 0.15) is 5.75 Å². The standard InChI is InChI=1S/C24H26B5N3O4S/c1-36-19-16(9-6-10-17(19)15-7-4-3-5-8-15)13-18-20(31-37(2,34)35)22(11-12-22)14-32(18)21(33)30-24(28,29)23(25,26)27/h3-10,18,20,31H,11-14H2,1-2H3,(H,30,33)/t18-,20+/m0/s1. The van der Waals surface area contributed by atoms with Gasteiger partial charge < -0.3 is 15.0 Å². The normalized spacial score (nSPS) is 21.1. The van der Waals surface area contributed by atoms with Gasteiger partial charge in [-0.1, -0.05) is 53.9 Å². The van der Waals surface area contributed by atoms with E-state index in [2.05, 4.69) is 10.0 Å². The lowest BCUT2D eigenvalue weighted by Gasteiger charge is -2.44. The number of nitrogens with one attached hydrogen (secondary N) is 2. The van der Waals surface area contributed by atoms with Crippen LogP contribution in [0, 0.1) is 5.41 Å². The van der Waals surface area contributed by atoms with Crippen molar-refractivity contribution in [3.05, 3.63) is 54.1 Å². The first kappa shape index (κ1) is 27.8. The molecule has 182 valence electrons. The summed E-state index contributed by atoms with van der Waals surface area (Å²) in [5.41, 5.74) is 2.24. The van der Waals surface area contributed by atoms with Gasteiger partial charge in [-0.2, -0.15) is 0 Å². The summed E-state index contributed by atoms with van der Waals surface area (Å²) in [5.74, 6) is 0.640. The highest BCUT2D eigenvalue weighted by Gasteiger charge is 2.61. The number of amides is 2. The number of hydrogen-bond donors (Lipinski definition) is 2. The highest BCUT2D eigenvalue weighted by molar-refractivity contribution is 7.88. The van der Waals surface area contributed by atoms with Gasteiger partial charge in [0.05, 0.1) is 58.6 Å². The Balaban J connectivity index is 1.73. The second-order valence-corrected chi connectivity index (χ2v) is 12.0. The summed E-state index contributed by atoms with van der Waals surface area (Å²) in [6.45, 7) is 0.292. The lowest BCUT2D eigenvalue weighted by atomic mass is 9.26. The number of para-hydroxylation sites is 1. The van der Waals surface area contributed by atoms with Crippen molar-refractivity contribution < 1.29 is 17.9 Å². The molecule has 2 atom stereocenters. The molecule has 2 amide bonds. The SMILES string of the molecule is [B]C([B])([B])C([B])([B])NC(=O)N1CC2(CC2)[C@H](NS(C)(=O)=O)[C@@H]1Cc1cccc(-c2ccccc2)c1OC. The minimum Gasteiger partial charge on any atom is -0.496 e. The number of ether oxygens (including phenoxy) is 1. The number of hydrogen-bond acceptors (Lipinski definition) is 4. The summed E-state index contributed by atoms with van der Waals surface area (Å²) < 4.78 is 33.3. The first-order chi connectivity index (χ1) is 17.2. The molecule has 1 saturated carbocycles. The fraction of sp³-hybridized carbons (Fsp3) is 0.458. The Hall–Kier alpha value is -2.26. The predicted octanol–water partition coefficient (Wildman–Crippen LogP) is 0.567. The van der Waals surface area contributed by atoms with Crippen LogP contribution in [0.4, 0.5) is 4.79 Å². The van der Waals surface area contributed by atoms with Crippen LogP contribution in [0.2, 0.25) is 5.11 Å². The second kappa shape index (κ2) is 9.81. The van der Waals surface area contributed by atoms with Crippen LogP contribution in [-0.2, 0) is 16.4 Å². The zero-order valence-corrected chi connectivity index (χ0v) is 21.8. The van der Waals surface area contributed by atoms with E-state index in [1.165, 1.54) is 4.90 Å². The van der Waals surface area contributed by atoms with E-state index in [9.17, 15) is 13.2 Å². The highest BCUT2D eigenvalue weighted by Crippen LogP contribution is 2.56. The van der Waals surface area contributed by atoms with Crippen molar-refractivity contribution in [3.8, 4) is 16.9 Å². The number of methoxy groups -OCH3 is 1. The van der Waals surface area contributed by atoms with Crippen LogP contribution in [0.3, 0.4) is 0 Å². The summed E-state index contributed by atoms with van der Waals surface area (Å²) >= 11 is 0. The second-order valence-electron chi connectivity index (χ2n) is 10.2. The number of urea groups is 1. The molecule has 1 aliphatic carbocycles. The average molecular weight is 507 g/mol. The van der Waals surface area contributed by atoms with Crippen LogP contribution in [0.25, 0.3) is 11.1 Å². The van der Waals surface area contributed by atoms with Gasteiger partial charge in [0.2, 0.25) is 10.0 Å². The van der Waals surface area contributed by atoms with Crippen molar-refractivity contribution in [2.24, 2.45) is 5.41 Å². The Bertz CT molecular complexity index is 1270. The number of carbonyl (C=O) groups excluding carboxylic acids is 1. The van der Waals surface area contributed by atoms with Crippen molar-refractivity contribution in [3.63, 3.8) is 0 Å². The molecule has 0 bridgehead atoms. The van der Waals surface area contributed by atoms with Crippen LogP contribution < -0.4 is 14.8 Å². The zero-order chi connectivity index (χ0) is 27.2. The van der Waals surface area contributed by atoms with Crippen molar-refractivity contribution in [1.29, 1.82) is 0 Å². The summed E-state index contributed by atoms with van der Waals surface area (Å²) in [6, 6.07) is 13.7. The van der Waals surface area contributed by atoms with Gasteiger partial charge in [-0.3, -0.25) is 0 Å². The molecule has 13 heteroatoms. The van der Waals surface area contributed by atoms with E-state index in [0.29, 0.717) is 18.7 Å². The van der Waals surface area contributed by atoms with Gasteiger partial charge in [-0.15, -0.1) is 5.11 Å². The van der Waals surface area contributed by atoms with E-state index in [1.807, 2.05) is 48.5 Å². The molecule has 10 radical (unpaired) electrons. The van der Waals surface area contributed by atoms with Crippen molar-refractivity contribution >= 4 is 55.3 Å². The molecule has 1 heterocycles. The third-order valence-corrected chi connectivity index (χ3v) is 7.95. The van der Waals surface area contributed by atoms with Gasteiger partial charge >= 0.3 is 6.03 Å². The van der Waals surface area contributed by atoms with Crippen LogP contribution in [-0.4, -0.2) is 95.9 Å². The fourth-order valence-corrected chi connectivity index (χ4v) is 5.94. The predicted molar refractivity (Wildman–Crippen MR) is 149 cm³/mol. The molecular formula is C24H26B5N3O4S. The molecule has 2 aromatic carbocycles. The minimum absolute atomic E-state index is 0.292. The number of carbonyl (C=O) groups is 1. The van der Waals surface area contributed by atoms with E-state index >= 15 is 0 Å². The van der Waals surface area contributed by atoms with Gasteiger partial charge in [-0.05, 0) is 30.4 Å². The first-order valence-corrected chi connectivity index (χ1v) is 13.8. The van der Waals surface area contributed by atoms with Crippen molar-refractivity contribution in [2.45, 2.75) is 41.8 Å². The Labute approximate surface area is 226 Å². The molecule has 2 aromatic rings. The molecule has 2 N–H and O–H groups in total. The van der Waals surface area contributed by atoms with Crippen LogP contribution >= 0.6 is 0 Å². The molecule has 1 spiro atoms. The van der Waals surface area contributed by atoms with Gasteiger partial charge in [-0.25, -0.2) is 17.9 Å². The lowest BCUT2D eigenvalue weighted by molar-refractivity contribution is 0.186. The van der Waals surface area contributed by atoms with E-state index < -0.39 is 44.0 Å². The van der Waals surface area contributed by atoms with Gasteiger partial charge in [0.15, 0.2) is 0 Å². The number of rotatable bonds is 8. The van der Waals surface area contributed by atoms with E-state index in [4.69, 9.17) is 44.0 Å². The average Bonchev–Trinajstić information content (AvgIpc) is 3.53. The largest absolute Gasteiger partial charge is 0.496 e. The van der Waals surface area contributed by atoms with Crippen LogP contribution in [0.5, 0.6) is 5.75 Å². The van der Waals surface area contributed by atoms with Gasteiger partial charge in [0, 0.05) is 23.6 Å². The maximum Gasteiger partial charge on any atom is 0.316 e. The molecule has 7 nitrogen and oxygen atoms in total. The highest BCUT2D eigenvalue weighted by atomic mass is 32.2. The van der Waals surface area contributed by atoms with E-state index in [1.54, 1.807) is 7.11 Å². The van der Waals surface area contributed by atoms with Crippen LogP contribution in [0.1, 0.15) is 18.4 Å². The molecule has 37 heavy (non-hydrogen) atoms. The number of nitrogens with zero attached hydrogens (tertiary/aromatic N) is 1. The zero-order valence-electron chi connectivity index (χ0n) is 21.0. The molecular weight excluding hydrogens is 480 g/mol. The monoisotopic (exact) mass is 507 g/mol. The molecule has 1 saturated heterocycles. The maximum absolute atomic E-state index is 13.5. The Morgan fingerprint density at radius 2 is 1.73 bits per heavy atom. The first-order valence-electron chi connectivity index (χ1n) is 11.9. The molecule has 2 fully saturated rings. The fourth-order valence-electron chi connectivity index (χ4n) is 5.07. The van der Waals surface area contributed by atoms with Crippen LogP contribution in [0.15, 0.2) is 48.5 Å². The van der Waals surface area contributed by atoms with E-state index in [0.717, 1.165) is 35.8 Å². The smallest absolute Gasteiger partial charge is 0.316 e. The van der Waals surface area contributed by atoms with E-state index in [-0.39, 0.29) is 0 Å². The van der Waals surface area contributed by atoms with Crippen molar-refractivity contribution in [1.82, 2.24) is 14.9 Å². The quantitative estimate of drug-likeness (QED) is 0.513. The summed E-state index contributed by atoms with van der Waals surface area (Å²) in [5, 5.41) is -1.80. The number of sulfonamides is 1. The molecule has 1 aliphatic heterocycles. The third-order valence-electron chi connectivity index (χ3n) is 7.27. The third kappa shape index (κ3) is 5.77. The van der Waals surface area contributed by atoms with Gasteiger partial charge in [0.25, 0.3) is 0 Å². The molecule has 0 unspecified atom stereocenters. The molecule has 4 rings (SSSR count). The number of benzene rings is 2.